The normalized spacial score (nSPS) is 10.1. The fraction of sp³-hybridized carbons (Fsp3) is 0.133. The summed E-state index contributed by atoms with van der Waals surface area (Å²) >= 11 is 6.97. The molecule has 2 rings (SSSR count). The van der Waals surface area contributed by atoms with Crippen LogP contribution in [0.15, 0.2) is 39.3 Å². The maximum absolute atomic E-state index is 9.13. The number of hydrogen-bond acceptors (Lipinski definition) is 2. The molecule has 0 saturated heterocycles. The van der Waals surface area contributed by atoms with E-state index in [0.717, 1.165) is 31.4 Å². The fourth-order valence-corrected chi connectivity index (χ4v) is 2.48. The van der Waals surface area contributed by atoms with Crippen molar-refractivity contribution in [2.75, 3.05) is 5.32 Å². The molecule has 4 heteroatoms. The van der Waals surface area contributed by atoms with Crippen LogP contribution in [0.4, 0.5) is 11.4 Å². The van der Waals surface area contributed by atoms with Crippen molar-refractivity contribution >= 4 is 43.2 Å². The lowest BCUT2D eigenvalue weighted by Crippen LogP contribution is -1.95. The summed E-state index contributed by atoms with van der Waals surface area (Å²) in [7, 11) is 0. The van der Waals surface area contributed by atoms with Gasteiger partial charge in [-0.2, -0.15) is 5.26 Å². The van der Waals surface area contributed by atoms with Gasteiger partial charge in [0.15, 0.2) is 0 Å². The summed E-state index contributed by atoms with van der Waals surface area (Å²) in [6.45, 7) is 4.10. The molecule has 0 aromatic heterocycles. The van der Waals surface area contributed by atoms with Crippen molar-refractivity contribution < 1.29 is 0 Å². The second kappa shape index (κ2) is 5.77. The van der Waals surface area contributed by atoms with Gasteiger partial charge in [0, 0.05) is 14.6 Å². The number of hydrogen-bond donors (Lipinski definition) is 1. The minimum absolute atomic E-state index is 0.626. The van der Waals surface area contributed by atoms with Crippen LogP contribution in [0.3, 0.4) is 0 Å². The van der Waals surface area contributed by atoms with Gasteiger partial charge in [0.2, 0.25) is 0 Å². The van der Waals surface area contributed by atoms with E-state index < -0.39 is 0 Å². The highest BCUT2D eigenvalue weighted by molar-refractivity contribution is 9.10. The average Bonchev–Trinajstić information content (AvgIpc) is 2.36. The molecule has 0 radical (unpaired) electrons. The Balaban J connectivity index is 2.42. The van der Waals surface area contributed by atoms with Crippen molar-refractivity contribution in [3.63, 3.8) is 0 Å². The molecule has 0 spiro atoms. The van der Waals surface area contributed by atoms with Gasteiger partial charge in [-0.1, -0.05) is 31.9 Å². The molecule has 0 aliphatic carbocycles. The van der Waals surface area contributed by atoms with Crippen LogP contribution in [0.2, 0.25) is 0 Å². The molecular formula is C15H12Br2N2. The number of nitrogens with one attached hydrogen (secondary N) is 1. The Bertz CT molecular complexity index is 649. The number of halogens is 2. The van der Waals surface area contributed by atoms with Gasteiger partial charge < -0.3 is 5.32 Å². The van der Waals surface area contributed by atoms with E-state index >= 15 is 0 Å². The van der Waals surface area contributed by atoms with E-state index in [4.69, 9.17) is 5.26 Å². The van der Waals surface area contributed by atoms with Gasteiger partial charge in [0.05, 0.1) is 11.3 Å². The topological polar surface area (TPSA) is 35.8 Å². The predicted octanol–water partition coefficient (Wildman–Crippen LogP) is 5.44. The van der Waals surface area contributed by atoms with E-state index in [-0.39, 0.29) is 0 Å². The summed E-state index contributed by atoms with van der Waals surface area (Å²) in [5.41, 5.74) is 4.74. The maximum Gasteiger partial charge on any atom is 0.101 e. The van der Waals surface area contributed by atoms with Crippen LogP contribution in [-0.4, -0.2) is 0 Å². The molecule has 0 amide bonds. The standard InChI is InChI=1S/C15H12Br2N2/c1-9-5-13(6-10(2)15(9)17)19-14-7-12(16)4-3-11(14)8-18/h3-7,19H,1-2H3. The minimum atomic E-state index is 0.626. The Labute approximate surface area is 129 Å². The summed E-state index contributed by atoms with van der Waals surface area (Å²) in [6, 6.07) is 11.9. The molecule has 2 nitrogen and oxygen atoms in total. The van der Waals surface area contributed by atoms with Crippen molar-refractivity contribution in [1.82, 2.24) is 0 Å². The smallest absolute Gasteiger partial charge is 0.101 e. The Hall–Kier alpha value is -1.31. The number of benzene rings is 2. The van der Waals surface area contributed by atoms with E-state index in [9.17, 15) is 0 Å². The van der Waals surface area contributed by atoms with Crippen molar-refractivity contribution in [3.8, 4) is 6.07 Å². The van der Waals surface area contributed by atoms with Crippen LogP contribution in [0.1, 0.15) is 16.7 Å². The highest BCUT2D eigenvalue weighted by atomic mass is 79.9. The number of anilines is 2. The van der Waals surface area contributed by atoms with Crippen molar-refractivity contribution in [2.45, 2.75) is 13.8 Å². The molecular weight excluding hydrogens is 368 g/mol. The Kier molecular flexibility index (Phi) is 4.28. The quantitative estimate of drug-likeness (QED) is 0.753. The summed E-state index contributed by atoms with van der Waals surface area (Å²) < 4.78 is 2.06. The van der Waals surface area contributed by atoms with Crippen LogP contribution < -0.4 is 5.32 Å². The van der Waals surface area contributed by atoms with E-state index in [1.807, 2.05) is 26.0 Å². The molecule has 2 aromatic carbocycles. The van der Waals surface area contributed by atoms with Gasteiger partial charge in [-0.3, -0.25) is 0 Å². The monoisotopic (exact) mass is 378 g/mol. The van der Waals surface area contributed by atoms with Crippen molar-refractivity contribution in [3.05, 3.63) is 56.0 Å². The third kappa shape index (κ3) is 3.17. The SMILES string of the molecule is Cc1cc(Nc2cc(Br)ccc2C#N)cc(C)c1Br. The molecule has 0 heterocycles. The van der Waals surface area contributed by atoms with E-state index in [0.29, 0.717) is 5.56 Å². The van der Waals surface area contributed by atoms with E-state index in [2.05, 4.69) is 55.4 Å². The van der Waals surface area contributed by atoms with Gasteiger partial charge in [0.1, 0.15) is 6.07 Å². The first-order chi connectivity index (χ1) is 9.01. The largest absolute Gasteiger partial charge is 0.354 e. The number of nitrogens with zero attached hydrogens (tertiary/aromatic N) is 1. The molecule has 0 fully saturated rings. The zero-order valence-corrected chi connectivity index (χ0v) is 13.8. The van der Waals surface area contributed by atoms with Crippen LogP contribution >= 0.6 is 31.9 Å². The summed E-state index contributed by atoms with van der Waals surface area (Å²) in [6.07, 6.45) is 0. The number of aryl methyl sites for hydroxylation is 2. The van der Waals surface area contributed by atoms with Gasteiger partial charge in [-0.25, -0.2) is 0 Å². The Morgan fingerprint density at radius 3 is 2.26 bits per heavy atom. The molecule has 2 aromatic rings. The molecule has 0 aliphatic rings. The molecule has 0 atom stereocenters. The minimum Gasteiger partial charge on any atom is -0.354 e. The lowest BCUT2D eigenvalue weighted by atomic mass is 10.1. The zero-order valence-electron chi connectivity index (χ0n) is 10.6. The summed E-state index contributed by atoms with van der Waals surface area (Å²) in [5, 5.41) is 12.4. The average molecular weight is 380 g/mol. The Morgan fingerprint density at radius 2 is 1.68 bits per heavy atom. The van der Waals surface area contributed by atoms with Gasteiger partial charge in [-0.05, 0) is 55.3 Å². The zero-order chi connectivity index (χ0) is 14.0. The second-order valence-corrected chi connectivity index (χ2v) is 6.06. The van der Waals surface area contributed by atoms with Crippen LogP contribution in [0, 0.1) is 25.2 Å². The third-order valence-electron chi connectivity index (χ3n) is 2.82. The van der Waals surface area contributed by atoms with Gasteiger partial charge in [0.25, 0.3) is 0 Å². The predicted molar refractivity (Wildman–Crippen MR) is 85.8 cm³/mol. The second-order valence-electron chi connectivity index (χ2n) is 4.35. The molecule has 0 unspecified atom stereocenters. The van der Waals surface area contributed by atoms with E-state index in [1.165, 1.54) is 0 Å². The third-order valence-corrected chi connectivity index (χ3v) is 4.56. The lowest BCUT2D eigenvalue weighted by Gasteiger charge is -2.12. The molecule has 0 aliphatic heterocycles. The maximum atomic E-state index is 9.13. The van der Waals surface area contributed by atoms with Crippen LogP contribution in [0.5, 0.6) is 0 Å². The first kappa shape index (κ1) is 14.1. The summed E-state index contributed by atoms with van der Waals surface area (Å²) in [4.78, 5) is 0. The molecule has 0 saturated carbocycles. The lowest BCUT2D eigenvalue weighted by molar-refractivity contribution is 1.33. The van der Waals surface area contributed by atoms with Gasteiger partial charge in [-0.15, -0.1) is 0 Å². The van der Waals surface area contributed by atoms with Crippen molar-refractivity contribution in [2.24, 2.45) is 0 Å². The van der Waals surface area contributed by atoms with E-state index in [1.54, 1.807) is 6.07 Å². The Morgan fingerprint density at radius 1 is 1.05 bits per heavy atom. The van der Waals surface area contributed by atoms with Crippen LogP contribution in [-0.2, 0) is 0 Å². The van der Waals surface area contributed by atoms with Crippen molar-refractivity contribution in [1.29, 1.82) is 5.26 Å². The first-order valence-corrected chi connectivity index (χ1v) is 7.33. The van der Waals surface area contributed by atoms with Gasteiger partial charge >= 0.3 is 0 Å². The molecule has 96 valence electrons. The van der Waals surface area contributed by atoms with Crippen LogP contribution in [0.25, 0.3) is 0 Å². The highest BCUT2D eigenvalue weighted by Crippen LogP contribution is 2.29. The fourth-order valence-electron chi connectivity index (χ4n) is 1.89. The number of rotatable bonds is 2. The molecule has 0 bridgehead atoms. The molecule has 19 heavy (non-hydrogen) atoms. The number of nitriles is 1. The highest BCUT2D eigenvalue weighted by Gasteiger charge is 2.06. The molecule has 1 N–H and O–H groups in total. The first-order valence-electron chi connectivity index (χ1n) is 5.74. The summed E-state index contributed by atoms with van der Waals surface area (Å²) in [5.74, 6) is 0.